The first-order chi connectivity index (χ1) is 19.9. The molecule has 4 aromatic carbocycles. The topological polar surface area (TPSA) is 221 Å². The number of ether oxygens (including phenoxy) is 2. The summed E-state index contributed by atoms with van der Waals surface area (Å²) in [6, 6.07) is 10.8. The Morgan fingerprint density at radius 1 is 0.548 bits per heavy atom. The van der Waals surface area contributed by atoms with Crippen molar-refractivity contribution in [3.8, 4) is 57.5 Å². The average molecular weight is 579 g/mol. The fourth-order valence-corrected chi connectivity index (χ4v) is 5.71. The first-order valence-corrected chi connectivity index (χ1v) is 12.8. The Hall–Kier alpha value is -5.20. The van der Waals surface area contributed by atoms with Crippen LogP contribution < -0.4 is 9.47 Å². The van der Waals surface area contributed by atoms with Crippen LogP contribution in [0.15, 0.2) is 54.6 Å². The van der Waals surface area contributed by atoms with Crippen LogP contribution >= 0.6 is 0 Å². The van der Waals surface area contributed by atoms with Gasteiger partial charge in [-0.05, 0) is 35.4 Å². The molecule has 0 spiro atoms. The van der Waals surface area contributed by atoms with Crippen molar-refractivity contribution in [1.82, 2.24) is 0 Å². The Labute approximate surface area is 237 Å². The molecule has 218 valence electrons. The third kappa shape index (κ3) is 4.24. The quantitative estimate of drug-likeness (QED) is 0.159. The van der Waals surface area contributed by atoms with Crippen molar-refractivity contribution >= 4 is 0 Å². The summed E-state index contributed by atoms with van der Waals surface area (Å²) in [5.74, 6) is -5.08. The first kappa shape index (κ1) is 27.0. The van der Waals surface area contributed by atoms with Crippen LogP contribution in [0.25, 0.3) is 0 Å². The second-order valence-corrected chi connectivity index (χ2v) is 10.3. The van der Waals surface area contributed by atoms with E-state index in [2.05, 4.69) is 0 Å². The Morgan fingerprint density at radius 3 is 1.76 bits per heavy atom. The van der Waals surface area contributed by atoms with Gasteiger partial charge in [-0.25, -0.2) is 0 Å². The molecule has 0 radical (unpaired) electrons. The average Bonchev–Trinajstić information content (AvgIpc) is 2.93. The van der Waals surface area contributed by atoms with E-state index in [4.69, 9.17) is 9.47 Å². The molecule has 2 heterocycles. The van der Waals surface area contributed by atoms with Gasteiger partial charge in [0.05, 0.1) is 12.0 Å². The van der Waals surface area contributed by atoms with Gasteiger partial charge in [0, 0.05) is 41.3 Å². The summed E-state index contributed by atoms with van der Waals surface area (Å²) in [5, 5.41) is 105. The summed E-state index contributed by atoms with van der Waals surface area (Å²) in [6.45, 7) is 0. The minimum Gasteiger partial charge on any atom is -0.508 e. The zero-order chi connectivity index (χ0) is 30.0. The fourth-order valence-electron chi connectivity index (χ4n) is 5.71. The summed E-state index contributed by atoms with van der Waals surface area (Å²) in [4.78, 5) is 0. The standard InChI is InChI=1S/C30H26O12/c31-13-7-20(37)24-23(8-13)41-29(12-2-4-16(33)19(36)6-12)27(40)26(24)25-21(38)10-17(34)14-9-22(39)28(42-30(14)25)11-1-3-15(32)18(35)5-11/h1-8,10,22,26-29,31-40H,9H2/t22?,26-,27?,28-,29-/m1/s1. The zero-order valence-electron chi connectivity index (χ0n) is 21.6. The van der Waals surface area contributed by atoms with Gasteiger partial charge in [-0.1, -0.05) is 12.1 Å². The van der Waals surface area contributed by atoms with Gasteiger partial charge in [0.15, 0.2) is 29.1 Å². The van der Waals surface area contributed by atoms with Crippen molar-refractivity contribution in [3.05, 3.63) is 82.4 Å². The highest BCUT2D eigenvalue weighted by atomic mass is 16.5. The second kappa shape index (κ2) is 9.72. The number of aromatic hydroxyl groups is 8. The molecule has 12 heteroatoms. The number of fused-ring (bicyclic) bond motifs is 2. The molecule has 6 rings (SSSR count). The van der Waals surface area contributed by atoms with Crippen LogP contribution in [0.3, 0.4) is 0 Å². The smallest absolute Gasteiger partial charge is 0.157 e. The van der Waals surface area contributed by atoms with Crippen LogP contribution in [0.5, 0.6) is 57.5 Å². The van der Waals surface area contributed by atoms with Gasteiger partial charge < -0.3 is 60.5 Å². The lowest BCUT2D eigenvalue weighted by Crippen LogP contribution is -2.36. The number of benzene rings is 4. The van der Waals surface area contributed by atoms with E-state index in [9.17, 15) is 51.1 Å². The number of aliphatic hydroxyl groups is 2. The highest BCUT2D eigenvalue weighted by Gasteiger charge is 2.46. The molecule has 2 aliphatic heterocycles. The number of phenolic OH excluding ortho intramolecular Hbond substituents is 8. The molecule has 0 bridgehead atoms. The highest BCUT2D eigenvalue weighted by molar-refractivity contribution is 5.65. The second-order valence-electron chi connectivity index (χ2n) is 10.3. The van der Waals surface area contributed by atoms with E-state index in [1.807, 2.05) is 0 Å². The molecular weight excluding hydrogens is 552 g/mol. The van der Waals surface area contributed by atoms with Crippen molar-refractivity contribution in [1.29, 1.82) is 0 Å². The van der Waals surface area contributed by atoms with Gasteiger partial charge in [0.2, 0.25) is 0 Å². The largest absolute Gasteiger partial charge is 0.508 e. The third-order valence-corrected chi connectivity index (χ3v) is 7.67. The van der Waals surface area contributed by atoms with E-state index in [0.717, 1.165) is 12.1 Å². The lowest BCUT2D eigenvalue weighted by Gasteiger charge is -2.40. The number of phenols is 8. The van der Waals surface area contributed by atoms with E-state index in [-0.39, 0.29) is 51.5 Å². The van der Waals surface area contributed by atoms with Gasteiger partial charge >= 0.3 is 0 Å². The normalized spacial score (nSPS) is 22.9. The molecule has 2 unspecified atom stereocenters. The van der Waals surface area contributed by atoms with E-state index in [1.165, 1.54) is 42.5 Å². The van der Waals surface area contributed by atoms with Gasteiger partial charge in [-0.3, -0.25) is 0 Å². The maximum atomic E-state index is 11.8. The van der Waals surface area contributed by atoms with Crippen LogP contribution in [0.1, 0.15) is 45.9 Å². The van der Waals surface area contributed by atoms with E-state index in [1.54, 1.807) is 0 Å². The lowest BCUT2D eigenvalue weighted by atomic mass is 9.77. The maximum absolute atomic E-state index is 11.8. The molecule has 0 fully saturated rings. The molecule has 0 saturated carbocycles. The maximum Gasteiger partial charge on any atom is 0.157 e. The molecule has 12 nitrogen and oxygen atoms in total. The van der Waals surface area contributed by atoms with E-state index in [0.29, 0.717) is 0 Å². The Morgan fingerprint density at radius 2 is 1.14 bits per heavy atom. The Bertz CT molecular complexity index is 1720. The lowest BCUT2D eigenvalue weighted by molar-refractivity contribution is 0.00115. The minimum atomic E-state index is -1.59. The van der Waals surface area contributed by atoms with Gasteiger partial charge in [-0.15, -0.1) is 0 Å². The van der Waals surface area contributed by atoms with E-state index < -0.39 is 70.6 Å². The predicted octanol–water partition coefficient (Wildman–Crippen LogP) is 3.00. The summed E-state index contributed by atoms with van der Waals surface area (Å²) < 4.78 is 12.1. The molecule has 2 aliphatic rings. The monoisotopic (exact) mass is 578 g/mol. The molecule has 0 amide bonds. The van der Waals surface area contributed by atoms with Crippen molar-refractivity contribution in [3.63, 3.8) is 0 Å². The number of hydrogen-bond acceptors (Lipinski definition) is 12. The van der Waals surface area contributed by atoms with Crippen molar-refractivity contribution in [2.24, 2.45) is 0 Å². The predicted molar refractivity (Wildman–Crippen MR) is 143 cm³/mol. The van der Waals surface area contributed by atoms with Crippen molar-refractivity contribution in [2.45, 2.75) is 36.8 Å². The van der Waals surface area contributed by atoms with Crippen molar-refractivity contribution in [2.75, 3.05) is 0 Å². The van der Waals surface area contributed by atoms with E-state index >= 15 is 0 Å². The van der Waals surface area contributed by atoms with Crippen LogP contribution in [0.2, 0.25) is 0 Å². The molecule has 0 saturated heterocycles. The molecule has 10 N–H and O–H groups in total. The SMILES string of the molecule is Oc1cc(O)c2c(c1)O[C@H](c1ccc(O)c(O)c1)C(O)[C@H]2c1c(O)cc(O)c2c1O[C@H](c1ccc(O)c(O)c1)C(O)C2. The summed E-state index contributed by atoms with van der Waals surface area (Å²) in [7, 11) is 0. The van der Waals surface area contributed by atoms with Gasteiger partial charge in [0.25, 0.3) is 0 Å². The molecule has 0 aromatic heterocycles. The van der Waals surface area contributed by atoms with Crippen LogP contribution in [0, 0.1) is 0 Å². The van der Waals surface area contributed by atoms with Crippen LogP contribution in [-0.4, -0.2) is 63.3 Å². The minimum absolute atomic E-state index is 0.0312. The van der Waals surface area contributed by atoms with Gasteiger partial charge in [-0.2, -0.15) is 0 Å². The highest BCUT2D eigenvalue weighted by Crippen LogP contribution is 2.57. The summed E-state index contributed by atoms with van der Waals surface area (Å²) >= 11 is 0. The van der Waals surface area contributed by atoms with Crippen LogP contribution in [-0.2, 0) is 6.42 Å². The fraction of sp³-hybridized carbons (Fsp3) is 0.200. The molecule has 4 aromatic rings. The molecule has 5 atom stereocenters. The van der Waals surface area contributed by atoms with Gasteiger partial charge in [0.1, 0.15) is 46.7 Å². The van der Waals surface area contributed by atoms with Crippen molar-refractivity contribution < 1.29 is 60.5 Å². The Balaban J connectivity index is 1.55. The number of rotatable bonds is 3. The summed E-state index contributed by atoms with van der Waals surface area (Å²) in [5.41, 5.74) is 0.435. The first-order valence-electron chi connectivity index (χ1n) is 12.8. The Kier molecular flexibility index (Phi) is 6.24. The summed E-state index contributed by atoms with van der Waals surface area (Å²) in [6.07, 6.45) is -5.43. The molecule has 42 heavy (non-hydrogen) atoms. The molecular formula is C30H26O12. The zero-order valence-corrected chi connectivity index (χ0v) is 21.6. The number of aliphatic hydroxyl groups excluding tert-OH is 2. The third-order valence-electron chi connectivity index (χ3n) is 7.67. The number of hydrogen-bond donors (Lipinski definition) is 10. The molecule has 0 aliphatic carbocycles. The van der Waals surface area contributed by atoms with Crippen LogP contribution in [0.4, 0.5) is 0 Å².